The molecule has 0 bridgehead atoms. The third-order valence-corrected chi connectivity index (χ3v) is 21.9. The first kappa shape index (κ1) is 100. The monoisotopic (exact) mass is 1490 g/mol. The lowest BCUT2D eigenvalue weighted by atomic mass is 9.99. The van der Waals surface area contributed by atoms with Crippen LogP contribution in [-0.4, -0.2) is 96.7 Å². The lowest BCUT2D eigenvalue weighted by Gasteiger charge is -2.21. The lowest BCUT2D eigenvalue weighted by Crippen LogP contribution is -2.30. The van der Waals surface area contributed by atoms with E-state index >= 15 is 0 Å². The van der Waals surface area contributed by atoms with Crippen molar-refractivity contribution in [2.75, 3.05) is 39.6 Å². The predicted octanol–water partition coefficient (Wildman–Crippen LogP) is 24.8. The van der Waals surface area contributed by atoms with Crippen molar-refractivity contribution < 1.29 is 80.2 Å². The van der Waals surface area contributed by atoms with E-state index in [1.165, 1.54) is 225 Å². The first-order valence-corrected chi connectivity index (χ1v) is 45.8. The summed E-state index contributed by atoms with van der Waals surface area (Å²) in [4.78, 5) is 73.0. The van der Waals surface area contributed by atoms with Crippen molar-refractivity contribution in [3.63, 3.8) is 0 Å². The molecule has 0 amide bonds. The minimum Gasteiger partial charge on any atom is -0.462 e. The van der Waals surface area contributed by atoms with Crippen molar-refractivity contribution in [1.29, 1.82) is 0 Å². The van der Waals surface area contributed by atoms with Gasteiger partial charge in [0, 0.05) is 25.7 Å². The van der Waals surface area contributed by atoms with E-state index in [0.717, 1.165) is 114 Å². The molecule has 0 spiro atoms. The van der Waals surface area contributed by atoms with Gasteiger partial charge >= 0.3 is 39.5 Å². The summed E-state index contributed by atoms with van der Waals surface area (Å²) in [5, 5.41) is 10.6. The van der Waals surface area contributed by atoms with Gasteiger partial charge in [-0.25, -0.2) is 9.13 Å². The molecular formula is C83H162O17P2. The molecule has 17 nitrogen and oxygen atoms in total. The highest BCUT2D eigenvalue weighted by atomic mass is 31.2. The Morgan fingerprint density at radius 1 is 0.275 bits per heavy atom. The molecule has 0 radical (unpaired) electrons. The smallest absolute Gasteiger partial charge is 0.462 e. The summed E-state index contributed by atoms with van der Waals surface area (Å²) in [6.45, 7) is 14.3. The molecule has 102 heavy (non-hydrogen) atoms. The number of aliphatic hydroxyl groups excluding tert-OH is 1. The van der Waals surface area contributed by atoms with Gasteiger partial charge in [-0.15, -0.1) is 0 Å². The van der Waals surface area contributed by atoms with Crippen LogP contribution in [0.15, 0.2) is 0 Å². The number of hydrogen-bond acceptors (Lipinski definition) is 15. The Kier molecular flexibility index (Phi) is 70.6. The van der Waals surface area contributed by atoms with Crippen LogP contribution >= 0.6 is 15.6 Å². The van der Waals surface area contributed by atoms with Crippen LogP contribution < -0.4 is 0 Å². The van der Waals surface area contributed by atoms with Crippen molar-refractivity contribution in [3.05, 3.63) is 0 Å². The maximum atomic E-state index is 13.1. The van der Waals surface area contributed by atoms with Crippen LogP contribution in [0.2, 0.25) is 0 Å². The van der Waals surface area contributed by atoms with Crippen LogP contribution in [0.3, 0.4) is 0 Å². The molecule has 0 heterocycles. The number of hydrogen-bond donors (Lipinski definition) is 3. The Labute approximate surface area is 626 Å². The van der Waals surface area contributed by atoms with E-state index in [0.29, 0.717) is 31.6 Å². The molecule has 0 saturated heterocycles. The van der Waals surface area contributed by atoms with Gasteiger partial charge in [0.25, 0.3) is 0 Å². The molecular weight excluding hydrogens is 1330 g/mol. The summed E-state index contributed by atoms with van der Waals surface area (Å²) in [5.41, 5.74) is 0. The Morgan fingerprint density at radius 2 is 0.471 bits per heavy atom. The third kappa shape index (κ3) is 73.6. The van der Waals surface area contributed by atoms with Crippen molar-refractivity contribution in [3.8, 4) is 0 Å². The minimum absolute atomic E-state index is 0.107. The average Bonchev–Trinajstić information content (AvgIpc) is 0.925. The number of esters is 4. The zero-order chi connectivity index (χ0) is 75.3. The van der Waals surface area contributed by atoms with E-state index in [2.05, 4.69) is 55.4 Å². The molecule has 606 valence electrons. The van der Waals surface area contributed by atoms with E-state index < -0.39 is 97.5 Å². The molecule has 19 heteroatoms. The molecule has 0 fully saturated rings. The predicted molar refractivity (Wildman–Crippen MR) is 418 cm³/mol. The van der Waals surface area contributed by atoms with Gasteiger partial charge in [0.1, 0.15) is 19.3 Å². The summed E-state index contributed by atoms with van der Waals surface area (Å²) < 4.78 is 68.7. The van der Waals surface area contributed by atoms with Gasteiger partial charge in [-0.1, -0.05) is 376 Å². The highest BCUT2D eigenvalue weighted by molar-refractivity contribution is 7.47. The molecule has 0 aliphatic rings. The van der Waals surface area contributed by atoms with Crippen LogP contribution in [0, 0.1) is 23.7 Å². The second-order valence-electron chi connectivity index (χ2n) is 31.3. The summed E-state index contributed by atoms with van der Waals surface area (Å²) in [7, 11) is -9.92. The summed E-state index contributed by atoms with van der Waals surface area (Å²) in [5.74, 6) is 1.05. The number of phosphoric ester groups is 2. The first-order valence-electron chi connectivity index (χ1n) is 42.8. The Balaban J connectivity index is 5.19. The van der Waals surface area contributed by atoms with Crippen LogP contribution in [0.4, 0.5) is 0 Å². The van der Waals surface area contributed by atoms with E-state index in [-0.39, 0.29) is 25.7 Å². The Bertz CT molecular complexity index is 1990. The molecule has 7 atom stereocenters. The third-order valence-electron chi connectivity index (χ3n) is 20.0. The molecule has 3 N–H and O–H groups in total. The highest BCUT2D eigenvalue weighted by Gasteiger charge is 2.30. The standard InChI is InChI=1S/C83H162O17P2/c1-9-75(7)61-53-45-37-29-23-19-15-13-11-12-14-16-21-25-31-40-49-57-65-83(88)100-79(70-94-81(86)64-56-48-42-34-36-44-52-60-74(5)6)72-98-102(91,92)96-68-77(84)67-95-101(89,90)97-71-78(69-93-80(85)63-55-47-39-33-27-28-35-43-51-59-73(3)4)99-82(87)66-58-50-41-32-26-22-18-17-20-24-30-38-46-54-62-76(8)10-2/h73-79,84H,9-72H2,1-8H3,(H,89,90)(H,91,92)/t75?,76?,77?,78-,79-/m1/s1. The molecule has 5 unspecified atom stereocenters. The molecule has 0 aromatic carbocycles. The first-order chi connectivity index (χ1) is 49.2. The fraction of sp³-hybridized carbons (Fsp3) is 0.952. The number of carbonyl (C=O) groups is 4. The maximum Gasteiger partial charge on any atom is 0.472 e. The molecule has 0 aliphatic heterocycles. The fourth-order valence-corrected chi connectivity index (χ4v) is 14.3. The van der Waals surface area contributed by atoms with Crippen LogP contribution in [0.1, 0.15) is 428 Å². The Morgan fingerprint density at radius 3 is 0.696 bits per heavy atom. The van der Waals surface area contributed by atoms with Crippen LogP contribution in [-0.2, 0) is 65.4 Å². The largest absolute Gasteiger partial charge is 0.472 e. The molecule has 0 rings (SSSR count). The zero-order valence-electron chi connectivity index (χ0n) is 67.2. The van der Waals surface area contributed by atoms with Crippen LogP contribution in [0.25, 0.3) is 0 Å². The van der Waals surface area contributed by atoms with Gasteiger partial charge in [-0.3, -0.25) is 37.3 Å². The van der Waals surface area contributed by atoms with E-state index in [1.54, 1.807) is 0 Å². The van der Waals surface area contributed by atoms with Crippen molar-refractivity contribution >= 4 is 39.5 Å². The second-order valence-corrected chi connectivity index (χ2v) is 34.2. The molecule has 0 aliphatic carbocycles. The minimum atomic E-state index is -4.96. The quantitative estimate of drug-likeness (QED) is 0.0222. The lowest BCUT2D eigenvalue weighted by molar-refractivity contribution is -0.161. The topological polar surface area (TPSA) is 237 Å². The van der Waals surface area contributed by atoms with Crippen molar-refractivity contribution in [2.45, 2.75) is 446 Å². The summed E-state index contributed by atoms with van der Waals surface area (Å²) in [6, 6.07) is 0. The van der Waals surface area contributed by atoms with E-state index in [4.69, 9.17) is 37.0 Å². The van der Waals surface area contributed by atoms with E-state index in [1.807, 2.05) is 0 Å². The second kappa shape index (κ2) is 72.0. The zero-order valence-corrected chi connectivity index (χ0v) is 69.0. The van der Waals surface area contributed by atoms with Crippen molar-refractivity contribution in [2.24, 2.45) is 23.7 Å². The normalized spacial score (nSPS) is 14.5. The van der Waals surface area contributed by atoms with Gasteiger partial charge in [-0.05, 0) is 49.4 Å². The van der Waals surface area contributed by atoms with Gasteiger partial charge in [-0.2, -0.15) is 0 Å². The fourth-order valence-electron chi connectivity index (χ4n) is 12.7. The van der Waals surface area contributed by atoms with Gasteiger partial charge in [0.05, 0.1) is 26.4 Å². The molecule has 0 saturated carbocycles. The van der Waals surface area contributed by atoms with Crippen molar-refractivity contribution in [1.82, 2.24) is 0 Å². The molecule has 0 aromatic heterocycles. The highest BCUT2D eigenvalue weighted by Crippen LogP contribution is 2.45. The Hall–Kier alpha value is -1.94. The van der Waals surface area contributed by atoms with Crippen LogP contribution in [0.5, 0.6) is 0 Å². The SMILES string of the molecule is CCC(C)CCCCCCCCCCCCCCCCCCCCC(=O)O[C@H](COC(=O)CCCCCCCCCC(C)C)COP(=O)(O)OCC(O)COP(=O)(O)OC[C@@H](COC(=O)CCCCCCCCCCCC(C)C)OC(=O)CCCCCCCCCCCCCCCCC(C)CC. The average molecular weight is 1490 g/mol. The van der Waals surface area contributed by atoms with Gasteiger partial charge in [0.2, 0.25) is 0 Å². The van der Waals surface area contributed by atoms with Gasteiger partial charge < -0.3 is 33.8 Å². The number of phosphoric acid groups is 2. The number of unbranched alkanes of at least 4 members (excludes halogenated alkanes) is 44. The van der Waals surface area contributed by atoms with Gasteiger partial charge in [0.15, 0.2) is 12.2 Å². The maximum absolute atomic E-state index is 13.1. The number of ether oxygens (including phenoxy) is 4. The number of aliphatic hydroxyl groups is 1. The summed E-state index contributed by atoms with van der Waals surface area (Å²) >= 11 is 0. The number of carbonyl (C=O) groups excluding carboxylic acids is 4. The number of rotatable bonds is 80. The van der Waals surface area contributed by atoms with E-state index in [9.17, 15) is 43.2 Å². The summed E-state index contributed by atoms with van der Waals surface area (Å²) in [6.07, 6.45) is 59.7. The molecule has 0 aromatic rings.